The van der Waals surface area contributed by atoms with E-state index in [-0.39, 0.29) is 18.4 Å². The van der Waals surface area contributed by atoms with E-state index in [1.54, 1.807) is 0 Å². The Labute approximate surface area is 86.8 Å². The fourth-order valence-corrected chi connectivity index (χ4v) is 4.41. The van der Waals surface area contributed by atoms with Crippen LogP contribution < -0.4 is 0 Å². The summed E-state index contributed by atoms with van der Waals surface area (Å²) in [6.45, 7) is 6.74. The van der Waals surface area contributed by atoms with Gasteiger partial charge in [0.05, 0.1) is 12.2 Å². The molecule has 0 radical (unpaired) electrons. The molecular weight excluding hydrogens is 196 g/mol. The first-order chi connectivity index (χ1) is 6.35. The summed E-state index contributed by atoms with van der Waals surface area (Å²) in [5, 5.41) is 28.6. The van der Waals surface area contributed by atoms with Crippen LogP contribution in [-0.4, -0.2) is 42.2 Å². The van der Waals surface area contributed by atoms with E-state index < -0.39 is 20.3 Å². The molecule has 1 rings (SSSR count). The van der Waals surface area contributed by atoms with Crippen molar-refractivity contribution in [3.8, 4) is 0 Å². The van der Waals surface area contributed by atoms with Crippen molar-refractivity contribution in [2.24, 2.45) is 11.8 Å². The van der Waals surface area contributed by atoms with Crippen LogP contribution >= 0.6 is 0 Å². The molecule has 0 spiro atoms. The zero-order valence-corrected chi connectivity index (χ0v) is 10.3. The summed E-state index contributed by atoms with van der Waals surface area (Å²) in [5.41, 5.74) is 0. The molecule has 0 saturated heterocycles. The first-order valence-corrected chi connectivity index (χ1v) is 9.03. The molecule has 3 nitrogen and oxygen atoms in total. The highest BCUT2D eigenvalue weighted by molar-refractivity contribution is 6.76. The average molecular weight is 218 g/mol. The van der Waals surface area contributed by atoms with Gasteiger partial charge in [0.2, 0.25) is 0 Å². The van der Waals surface area contributed by atoms with Crippen molar-refractivity contribution in [1.82, 2.24) is 0 Å². The maximum absolute atomic E-state index is 9.78. The van der Waals surface area contributed by atoms with Crippen LogP contribution in [0, 0.1) is 11.8 Å². The van der Waals surface area contributed by atoms with Gasteiger partial charge >= 0.3 is 0 Å². The van der Waals surface area contributed by atoms with Gasteiger partial charge in [0.1, 0.15) is 0 Å². The summed E-state index contributed by atoms with van der Waals surface area (Å²) >= 11 is 0. The normalized spacial score (nSPS) is 39.0. The first kappa shape index (κ1) is 12.2. The molecule has 3 N–H and O–H groups in total. The third kappa shape index (κ3) is 2.79. The highest BCUT2D eigenvalue weighted by Gasteiger charge is 2.42. The standard InChI is InChI=1S/C10H22O3Si/c1-14(2,3)6-8-7(5-11)9(12)4-10(8)13/h7-13H,4-6H2,1-3H3/t7-,8?,9-,10+/m0/s1. The molecule has 0 aliphatic heterocycles. The van der Waals surface area contributed by atoms with Crippen molar-refractivity contribution in [1.29, 1.82) is 0 Å². The van der Waals surface area contributed by atoms with E-state index in [9.17, 15) is 10.2 Å². The molecule has 0 heterocycles. The van der Waals surface area contributed by atoms with Crippen LogP contribution in [0.3, 0.4) is 0 Å². The Morgan fingerprint density at radius 2 is 1.57 bits per heavy atom. The molecule has 0 bridgehead atoms. The van der Waals surface area contributed by atoms with Crippen LogP contribution in [0.2, 0.25) is 25.7 Å². The molecular formula is C10H22O3Si. The second kappa shape index (κ2) is 4.31. The molecule has 84 valence electrons. The highest BCUT2D eigenvalue weighted by atomic mass is 28.3. The molecule has 0 aromatic heterocycles. The SMILES string of the molecule is C[Si](C)(C)CC1[C@H](O)C[C@H](O)[C@H]1CO. The van der Waals surface area contributed by atoms with Gasteiger partial charge in [-0.15, -0.1) is 0 Å². The van der Waals surface area contributed by atoms with Crippen molar-refractivity contribution in [2.75, 3.05) is 6.61 Å². The molecule has 0 aromatic rings. The maximum atomic E-state index is 9.78. The molecule has 1 fully saturated rings. The van der Waals surface area contributed by atoms with Crippen molar-refractivity contribution in [3.63, 3.8) is 0 Å². The second-order valence-electron chi connectivity index (χ2n) is 5.65. The van der Waals surface area contributed by atoms with Crippen LogP contribution in [0.1, 0.15) is 6.42 Å². The van der Waals surface area contributed by atoms with E-state index in [0.717, 1.165) is 6.04 Å². The van der Waals surface area contributed by atoms with Crippen molar-refractivity contribution in [3.05, 3.63) is 0 Å². The van der Waals surface area contributed by atoms with E-state index >= 15 is 0 Å². The number of hydrogen-bond acceptors (Lipinski definition) is 3. The zero-order chi connectivity index (χ0) is 10.9. The summed E-state index contributed by atoms with van der Waals surface area (Å²) < 4.78 is 0. The van der Waals surface area contributed by atoms with Crippen LogP contribution in [-0.2, 0) is 0 Å². The van der Waals surface area contributed by atoms with Gasteiger partial charge in [-0.05, 0) is 12.3 Å². The Morgan fingerprint density at radius 1 is 1.07 bits per heavy atom. The number of hydrogen-bond donors (Lipinski definition) is 3. The molecule has 1 saturated carbocycles. The lowest BCUT2D eigenvalue weighted by molar-refractivity contribution is 0.0724. The Morgan fingerprint density at radius 3 is 2.00 bits per heavy atom. The highest BCUT2D eigenvalue weighted by Crippen LogP contribution is 2.37. The fraction of sp³-hybridized carbons (Fsp3) is 1.00. The van der Waals surface area contributed by atoms with Crippen LogP contribution in [0.5, 0.6) is 0 Å². The molecule has 4 atom stereocenters. The van der Waals surface area contributed by atoms with Gasteiger partial charge in [0.25, 0.3) is 0 Å². The summed E-state index contributed by atoms with van der Waals surface area (Å²) in [4.78, 5) is 0. The summed E-state index contributed by atoms with van der Waals surface area (Å²) in [6.07, 6.45) is -0.509. The van der Waals surface area contributed by atoms with Gasteiger partial charge in [-0.2, -0.15) is 0 Å². The van der Waals surface area contributed by atoms with Crippen molar-refractivity contribution < 1.29 is 15.3 Å². The predicted octanol–water partition coefficient (Wildman–Crippen LogP) is 0.675. The third-order valence-corrected chi connectivity index (χ3v) is 4.78. The van der Waals surface area contributed by atoms with Gasteiger partial charge in [-0.25, -0.2) is 0 Å². The topological polar surface area (TPSA) is 60.7 Å². The smallest absolute Gasteiger partial charge is 0.0618 e. The minimum absolute atomic E-state index is 0.00657. The molecule has 0 aromatic carbocycles. The average Bonchev–Trinajstić information content (AvgIpc) is 2.24. The Kier molecular flexibility index (Phi) is 3.74. The van der Waals surface area contributed by atoms with Gasteiger partial charge in [0.15, 0.2) is 0 Å². The summed E-state index contributed by atoms with van der Waals surface area (Å²) in [5.74, 6) is -0.0154. The zero-order valence-electron chi connectivity index (χ0n) is 9.27. The Bertz CT molecular complexity index is 190. The molecule has 1 aliphatic carbocycles. The largest absolute Gasteiger partial charge is 0.396 e. The van der Waals surface area contributed by atoms with Crippen molar-refractivity contribution in [2.45, 2.75) is 44.3 Å². The second-order valence-corrected chi connectivity index (χ2v) is 11.2. The lowest BCUT2D eigenvalue weighted by Crippen LogP contribution is -2.33. The molecule has 1 unspecified atom stereocenters. The monoisotopic (exact) mass is 218 g/mol. The van der Waals surface area contributed by atoms with Crippen molar-refractivity contribution >= 4 is 8.07 Å². The molecule has 4 heteroatoms. The van der Waals surface area contributed by atoms with Gasteiger partial charge in [0, 0.05) is 20.6 Å². The maximum Gasteiger partial charge on any atom is 0.0618 e. The lowest BCUT2D eigenvalue weighted by Gasteiger charge is -2.27. The number of aliphatic hydroxyl groups excluding tert-OH is 3. The summed E-state index contributed by atoms with van der Waals surface area (Å²) in [7, 11) is -1.23. The number of rotatable bonds is 3. The lowest BCUT2D eigenvalue weighted by atomic mass is 9.96. The van der Waals surface area contributed by atoms with E-state index in [1.165, 1.54) is 0 Å². The van der Waals surface area contributed by atoms with Gasteiger partial charge in [-0.1, -0.05) is 25.7 Å². The first-order valence-electron chi connectivity index (χ1n) is 5.32. The Hall–Kier alpha value is 0.0969. The quantitative estimate of drug-likeness (QED) is 0.610. The molecule has 1 aliphatic rings. The van der Waals surface area contributed by atoms with Gasteiger partial charge < -0.3 is 15.3 Å². The Balaban J connectivity index is 2.65. The minimum Gasteiger partial charge on any atom is -0.396 e. The molecule has 0 amide bonds. The number of aliphatic hydroxyl groups is 3. The van der Waals surface area contributed by atoms with Gasteiger partial charge in [-0.3, -0.25) is 0 Å². The van der Waals surface area contributed by atoms with Crippen LogP contribution in [0.4, 0.5) is 0 Å². The van der Waals surface area contributed by atoms with E-state index in [0.29, 0.717) is 6.42 Å². The van der Waals surface area contributed by atoms with E-state index in [1.807, 2.05) is 0 Å². The minimum atomic E-state index is -1.23. The molecule has 14 heavy (non-hydrogen) atoms. The van der Waals surface area contributed by atoms with Crippen LogP contribution in [0.25, 0.3) is 0 Å². The van der Waals surface area contributed by atoms with E-state index in [4.69, 9.17) is 5.11 Å². The fourth-order valence-electron chi connectivity index (χ4n) is 2.42. The summed E-state index contributed by atoms with van der Waals surface area (Å²) in [6, 6.07) is 0.983. The van der Waals surface area contributed by atoms with Crippen LogP contribution in [0.15, 0.2) is 0 Å². The third-order valence-electron chi connectivity index (χ3n) is 3.08. The van der Waals surface area contributed by atoms with E-state index in [2.05, 4.69) is 19.6 Å². The predicted molar refractivity (Wildman–Crippen MR) is 58.8 cm³/mol.